The van der Waals surface area contributed by atoms with Crippen molar-refractivity contribution in [3.8, 4) is 0 Å². The average molecular weight is 335 g/mol. The van der Waals surface area contributed by atoms with Crippen molar-refractivity contribution in [2.24, 2.45) is 0 Å². The van der Waals surface area contributed by atoms with Crippen LogP contribution in [0, 0.1) is 6.92 Å². The van der Waals surface area contributed by atoms with Crippen LogP contribution in [0.15, 0.2) is 50.1 Å². The first-order valence-corrected chi connectivity index (χ1v) is 6.94. The molecule has 20 heavy (non-hydrogen) atoms. The second-order valence-electron chi connectivity index (χ2n) is 4.49. The number of hydrogen-bond donors (Lipinski definition) is 1. The first-order chi connectivity index (χ1) is 9.63. The fourth-order valence-corrected chi connectivity index (χ4v) is 2.38. The molecule has 1 aromatic carbocycles. The van der Waals surface area contributed by atoms with Crippen LogP contribution in [-0.2, 0) is 6.67 Å². The number of halogens is 1. The van der Waals surface area contributed by atoms with Crippen LogP contribution in [0.4, 0.5) is 5.82 Å². The predicted octanol–water partition coefficient (Wildman–Crippen LogP) is 2.55. The first kappa shape index (κ1) is 12.9. The molecule has 3 aromatic rings. The van der Waals surface area contributed by atoms with Gasteiger partial charge in [-0.15, -0.1) is 0 Å². The predicted molar refractivity (Wildman–Crippen MR) is 79.5 cm³/mol. The van der Waals surface area contributed by atoms with Crippen molar-refractivity contribution in [1.29, 1.82) is 0 Å². The average Bonchev–Trinajstić information content (AvgIpc) is 2.71. The fourth-order valence-electron chi connectivity index (χ4n) is 2.04. The number of pyridine rings is 1. The van der Waals surface area contributed by atoms with Crippen molar-refractivity contribution in [3.63, 3.8) is 0 Å². The summed E-state index contributed by atoms with van der Waals surface area (Å²) in [6.07, 6.45) is 0. The lowest BCUT2D eigenvalue weighted by molar-refractivity contribution is -0.371. The van der Waals surface area contributed by atoms with Crippen molar-refractivity contribution in [1.82, 2.24) is 4.57 Å². The minimum Gasteiger partial charge on any atom is -0.408 e. The van der Waals surface area contributed by atoms with E-state index in [2.05, 4.69) is 26.2 Å². The van der Waals surface area contributed by atoms with E-state index in [0.29, 0.717) is 12.3 Å². The zero-order chi connectivity index (χ0) is 14.1. The van der Waals surface area contributed by atoms with Crippen molar-refractivity contribution in [2.45, 2.75) is 13.6 Å². The molecule has 0 fully saturated rings. The van der Waals surface area contributed by atoms with Gasteiger partial charge in [-0.05, 0) is 31.2 Å². The number of H-pyrrole nitrogens is 1. The third-order valence-electron chi connectivity index (χ3n) is 3.00. The zero-order valence-corrected chi connectivity index (χ0v) is 12.4. The van der Waals surface area contributed by atoms with Crippen LogP contribution in [0.2, 0.25) is 0 Å². The van der Waals surface area contributed by atoms with Gasteiger partial charge in [-0.3, -0.25) is 5.32 Å². The van der Waals surface area contributed by atoms with Crippen LogP contribution in [0.5, 0.6) is 0 Å². The van der Waals surface area contributed by atoms with Gasteiger partial charge < -0.3 is 4.42 Å². The van der Waals surface area contributed by atoms with Gasteiger partial charge in [0, 0.05) is 10.5 Å². The molecule has 2 heterocycles. The smallest absolute Gasteiger partial charge is 0.408 e. The molecule has 0 saturated carbocycles. The van der Waals surface area contributed by atoms with Crippen LogP contribution < -0.4 is 16.1 Å². The number of benzene rings is 1. The molecule has 0 saturated heterocycles. The van der Waals surface area contributed by atoms with Crippen molar-refractivity contribution >= 4 is 32.8 Å². The molecular weight excluding hydrogens is 322 g/mol. The maximum absolute atomic E-state index is 11.9. The highest BCUT2D eigenvalue weighted by Gasteiger charge is 2.11. The number of hydrogen-bond acceptors (Lipinski definition) is 3. The van der Waals surface area contributed by atoms with Gasteiger partial charge in [0.05, 0.1) is 11.2 Å². The number of oxazole rings is 1. The molecule has 0 aliphatic carbocycles. The maximum Gasteiger partial charge on any atom is 0.423 e. The van der Waals surface area contributed by atoms with E-state index in [4.69, 9.17) is 4.42 Å². The lowest BCUT2D eigenvalue weighted by atomic mass is 10.3. The van der Waals surface area contributed by atoms with E-state index in [-0.39, 0.29) is 5.76 Å². The van der Waals surface area contributed by atoms with E-state index < -0.39 is 0 Å². The number of fused-ring (bicyclic) bond motifs is 1. The molecule has 0 spiro atoms. The van der Waals surface area contributed by atoms with Crippen LogP contribution in [0.3, 0.4) is 0 Å². The zero-order valence-electron chi connectivity index (χ0n) is 10.8. The SMILES string of the molecule is Cc1cccc(NCn2c(=O)oc3cc(Br)ccc32)[nH+]1. The fraction of sp³-hybridized carbons (Fsp3) is 0.143. The van der Waals surface area contributed by atoms with Crippen LogP contribution >= 0.6 is 15.9 Å². The largest absolute Gasteiger partial charge is 0.423 e. The van der Waals surface area contributed by atoms with Gasteiger partial charge in [-0.1, -0.05) is 22.0 Å². The minimum absolute atomic E-state index is 0.341. The number of rotatable bonds is 3. The minimum atomic E-state index is -0.377. The molecule has 0 aliphatic heterocycles. The van der Waals surface area contributed by atoms with Gasteiger partial charge >= 0.3 is 5.76 Å². The summed E-state index contributed by atoms with van der Waals surface area (Å²) < 4.78 is 7.65. The summed E-state index contributed by atoms with van der Waals surface area (Å²) >= 11 is 3.36. The standard InChI is InChI=1S/C14H12BrN3O2/c1-9-3-2-4-13(17-9)16-8-18-11-6-5-10(15)7-12(11)20-14(18)19/h2-7H,8H2,1H3,(H,16,17)/p+1. The van der Waals surface area contributed by atoms with E-state index >= 15 is 0 Å². The van der Waals surface area contributed by atoms with Crippen molar-refractivity contribution in [2.75, 3.05) is 5.32 Å². The monoisotopic (exact) mass is 334 g/mol. The number of aromatic nitrogens is 2. The Labute approximate surface area is 123 Å². The normalized spacial score (nSPS) is 10.9. The molecule has 0 unspecified atom stereocenters. The Balaban J connectivity index is 1.91. The molecule has 0 amide bonds. The summed E-state index contributed by atoms with van der Waals surface area (Å²) in [7, 11) is 0. The molecule has 2 aromatic heterocycles. The summed E-state index contributed by atoms with van der Waals surface area (Å²) in [5, 5.41) is 3.17. The molecule has 0 radical (unpaired) electrons. The van der Waals surface area contributed by atoms with Gasteiger partial charge in [-0.2, -0.15) is 0 Å². The van der Waals surface area contributed by atoms with E-state index in [9.17, 15) is 4.79 Å². The highest BCUT2D eigenvalue weighted by molar-refractivity contribution is 9.10. The highest BCUT2D eigenvalue weighted by Crippen LogP contribution is 2.18. The summed E-state index contributed by atoms with van der Waals surface area (Å²) in [6.45, 7) is 2.32. The molecule has 6 heteroatoms. The van der Waals surface area contributed by atoms with Gasteiger partial charge in [-0.25, -0.2) is 14.3 Å². The second kappa shape index (κ2) is 5.13. The maximum atomic E-state index is 11.9. The van der Waals surface area contributed by atoms with Crippen LogP contribution in [0.1, 0.15) is 5.69 Å². The molecular formula is C14H13BrN3O2+. The van der Waals surface area contributed by atoms with E-state index in [1.54, 1.807) is 10.6 Å². The number of aromatic amines is 1. The molecule has 0 atom stereocenters. The third kappa shape index (κ3) is 2.46. The number of nitrogens with zero attached hydrogens (tertiary/aromatic N) is 1. The van der Waals surface area contributed by atoms with Gasteiger partial charge in [0.1, 0.15) is 0 Å². The Morgan fingerprint density at radius 1 is 1.35 bits per heavy atom. The molecule has 2 N–H and O–H groups in total. The quantitative estimate of drug-likeness (QED) is 0.800. The second-order valence-corrected chi connectivity index (χ2v) is 5.41. The molecule has 0 aliphatic rings. The summed E-state index contributed by atoms with van der Waals surface area (Å²) in [5.41, 5.74) is 2.38. The Kier molecular flexibility index (Phi) is 3.31. The van der Waals surface area contributed by atoms with E-state index in [1.165, 1.54) is 0 Å². The number of nitrogens with one attached hydrogen (secondary N) is 2. The Hall–Kier alpha value is -2.08. The van der Waals surface area contributed by atoms with Crippen LogP contribution in [-0.4, -0.2) is 4.57 Å². The molecule has 3 rings (SSSR count). The van der Waals surface area contributed by atoms with Crippen LogP contribution in [0.25, 0.3) is 11.1 Å². The molecule has 0 bridgehead atoms. The lowest BCUT2D eigenvalue weighted by Gasteiger charge is -2.01. The molecule has 102 valence electrons. The van der Waals surface area contributed by atoms with Crippen molar-refractivity contribution in [3.05, 3.63) is 57.1 Å². The number of aryl methyl sites for hydroxylation is 1. The lowest BCUT2D eigenvalue weighted by Crippen LogP contribution is -2.23. The number of anilines is 1. The molecule has 5 nitrogen and oxygen atoms in total. The van der Waals surface area contributed by atoms with Gasteiger partial charge in [0.25, 0.3) is 5.82 Å². The Morgan fingerprint density at radius 3 is 3.00 bits per heavy atom. The third-order valence-corrected chi connectivity index (χ3v) is 3.49. The summed E-state index contributed by atoms with van der Waals surface area (Å²) in [4.78, 5) is 15.1. The van der Waals surface area contributed by atoms with Gasteiger partial charge in [0.15, 0.2) is 12.3 Å². The van der Waals surface area contributed by atoms with E-state index in [0.717, 1.165) is 21.5 Å². The Morgan fingerprint density at radius 2 is 2.20 bits per heavy atom. The van der Waals surface area contributed by atoms with Crippen molar-refractivity contribution < 1.29 is 9.40 Å². The summed E-state index contributed by atoms with van der Waals surface area (Å²) in [5.74, 6) is 0.474. The van der Waals surface area contributed by atoms with E-state index in [1.807, 2.05) is 37.3 Å². The Bertz CT molecular complexity index is 823. The topological polar surface area (TPSA) is 61.3 Å². The van der Waals surface area contributed by atoms with Gasteiger partial charge in [0.2, 0.25) is 0 Å². The first-order valence-electron chi connectivity index (χ1n) is 6.15. The summed E-state index contributed by atoms with van der Waals surface area (Å²) in [6, 6.07) is 11.4. The highest BCUT2D eigenvalue weighted by atomic mass is 79.9.